The molecular formula is C13H22O3. The summed E-state index contributed by atoms with van der Waals surface area (Å²) in [6, 6.07) is 0. The summed E-state index contributed by atoms with van der Waals surface area (Å²) in [6.07, 6.45) is 11.3. The summed E-state index contributed by atoms with van der Waals surface area (Å²) in [6.45, 7) is 0. The van der Waals surface area contributed by atoms with Crippen molar-refractivity contribution in [2.45, 2.75) is 57.0 Å². The Bertz CT molecular complexity index is 238. The number of carbonyl (C=O) groups excluding carboxylic acids is 1. The average Bonchev–Trinajstić information content (AvgIpc) is 2.24. The minimum Gasteiger partial charge on any atom is -0.466 e. The molecule has 0 aromatic rings. The maximum atomic E-state index is 10.9. The highest BCUT2D eigenvalue weighted by molar-refractivity contribution is 5.81. The van der Waals surface area contributed by atoms with Crippen molar-refractivity contribution in [2.24, 2.45) is 0 Å². The number of methoxy groups -OCH3 is 1. The lowest BCUT2D eigenvalue weighted by molar-refractivity contribution is -0.134. The minimum absolute atomic E-state index is 0.352. The number of rotatable bonds is 3. The summed E-state index contributed by atoms with van der Waals surface area (Å²) < 4.78 is 4.51. The van der Waals surface area contributed by atoms with E-state index in [-0.39, 0.29) is 5.97 Å². The van der Waals surface area contributed by atoms with E-state index in [1.165, 1.54) is 32.4 Å². The van der Waals surface area contributed by atoms with Gasteiger partial charge in [0.05, 0.1) is 12.7 Å². The van der Waals surface area contributed by atoms with Crippen molar-refractivity contribution in [2.75, 3.05) is 7.11 Å². The normalized spacial score (nSPS) is 21.4. The van der Waals surface area contributed by atoms with E-state index >= 15 is 0 Å². The molecule has 1 fully saturated rings. The quantitative estimate of drug-likeness (QED) is 0.594. The van der Waals surface area contributed by atoms with Crippen LogP contribution in [0.2, 0.25) is 0 Å². The van der Waals surface area contributed by atoms with Gasteiger partial charge in [-0.1, -0.05) is 38.2 Å². The molecule has 0 saturated heterocycles. The molecule has 0 unspecified atom stereocenters. The Kier molecular flexibility index (Phi) is 5.53. The molecule has 0 aliphatic heterocycles. The van der Waals surface area contributed by atoms with Crippen molar-refractivity contribution in [1.82, 2.24) is 0 Å². The third kappa shape index (κ3) is 4.79. The second-order valence-electron chi connectivity index (χ2n) is 4.62. The van der Waals surface area contributed by atoms with Gasteiger partial charge in [-0.3, -0.25) is 0 Å². The van der Waals surface area contributed by atoms with E-state index < -0.39 is 5.60 Å². The van der Waals surface area contributed by atoms with Crippen molar-refractivity contribution in [3.63, 3.8) is 0 Å². The Morgan fingerprint density at radius 3 is 2.38 bits per heavy atom. The molecule has 0 bridgehead atoms. The highest BCUT2D eigenvalue weighted by Crippen LogP contribution is 2.29. The first kappa shape index (κ1) is 13.2. The Hall–Kier alpha value is -0.830. The number of carbonyl (C=O) groups is 1. The van der Waals surface area contributed by atoms with E-state index in [0.717, 1.165) is 25.7 Å². The molecule has 0 heterocycles. The molecule has 1 aliphatic rings. The van der Waals surface area contributed by atoms with E-state index in [1.54, 1.807) is 6.08 Å². The zero-order chi connectivity index (χ0) is 11.9. The molecule has 0 radical (unpaired) electrons. The van der Waals surface area contributed by atoms with E-state index in [0.29, 0.717) is 6.42 Å². The summed E-state index contributed by atoms with van der Waals surface area (Å²) in [5.74, 6) is -0.352. The highest BCUT2D eigenvalue weighted by atomic mass is 16.5. The molecular weight excluding hydrogens is 204 g/mol. The first-order chi connectivity index (χ1) is 7.66. The molecule has 1 aliphatic carbocycles. The Morgan fingerprint density at radius 2 is 1.81 bits per heavy atom. The Balaban J connectivity index is 2.41. The maximum absolute atomic E-state index is 10.9. The summed E-state index contributed by atoms with van der Waals surface area (Å²) in [7, 11) is 1.36. The van der Waals surface area contributed by atoms with Crippen molar-refractivity contribution in [3.8, 4) is 0 Å². The van der Waals surface area contributed by atoms with Crippen LogP contribution < -0.4 is 0 Å². The van der Waals surface area contributed by atoms with Crippen LogP contribution in [-0.2, 0) is 9.53 Å². The lowest BCUT2D eigenvalue weighted by Gasteiger charge is -2.28. The molecule has 3 nitrogen and oxygen atoms in total. The molecule has 1 rings (SSSR count). The van der Waals surface area contributed by atoms with Crippen LogP contribution in [0.5, 0.6) is 0 Å². The lowest BCUT2D eigenvalue weighted by Crippen LogP contribution is -2.28. The molecule has 0 spiro atoms. The van der Waals surface area contributed by atoms with Gasteiger partial charge >= 0.3 is 5.97 Å². The van der Waals surface area contributed by atoms with Gasteiger partial charge in [-0.25, -0.2) is 4.79 Å². The van der Waals surface area contributed by atoms with Crippen LogP contribution in [0.4, 0.5) is 0 Å². The smallest absolute Gasteiger partial charge is 0.330 e. The fraction of sp³-hybridized carbons (Fsp3) is 0.769. The number of hydrogen-bond acceptors (Lipinski definition) is 3. The number of aliphatic hydroxyl groups is 1. The summed E-state index contributed by atoms with van der Waals surface area (Å²) in [4.78, 5) is 10.9. The van der Waals surface area contributed by atoms with Gasteiger partial charge < -0.3 is 9.84 Å². The molecule has 1 saturated carbocycles. The highest BCUT2D eigenvalue weighted by Gasteiger charge is 2.25. The summed E-state index contributed by atoms with van der Waals surface area (Å²) in [5, 5.41) is 10.4. The largest absolute Gasteiger partial charge is 0.466 e. The molecule has 1 N–H and O–H groups in total. The van der Waals surface area contributed by atoms with Crippen molar-refractivity contribution in [1.29, 1.82) is 0 Å². The molecule has 0 atom stereocenters. The van der Waals surface area contributed by atoms with E-state index in [4.69, 9.17) is 0 Å². The van der Waals surface area contributed by atoms with E-state index in [9.17, 15) is 9.90 Å². The predicted octanol–water partition coefficient (Wildman–Crippen LogP) is 2.58. The van der Waals surface area contributed by atoms with Gasteiger partial charge in [-0.15, -0.1) is 0 Å². The summed E-state index contributed by atoms with van der Waals surface area (Å²) >= 11 is 0. The third-order valence-electron chi connectivity index (χ3n) is 3.24. The maximum Gasteiger partial charge on any atom is 0.330 e. The van der Waals surface area contributed by atoms with Crippen LogP contribution in [-0.4, -0.2) is 23.8 Å². The third-order valence-corrected chi connectivity index (χ3v) is 3.24. The predicted molar refractivity (Wildman–Crippen MR) is 63.0 cm³/mol. The lowest BCUT2D eigenvalue weighted by atomic mass is 9.84. The number of hydrogen-bond donors (Lipinski definition) is 1. The molecule has 0 aromatic carbocycles. The van der Waals surface area contributed by atoms with Gasteiger partial charge in [0.25, 0.3) is 0 Å². The van der Waals surface area contributed by atoms with Crippen molar-refractivity contribution >= 4 is 5.97 Å². The fourth-order valence-electron chi connectivity index (χ4n) is 2.21. The Labute approximate surface area is 97.5 Å². The van der Waals surface area contributed by atoms with Crippen LogP contribution in [0, 0.1) is 0 Å². The monoisotopic (exact) mass is 226 g/mol. The van der Waals surface area contributed by atoms with Crippen LogP contribution in [0.25, 0.3) is 0 Å². The summed E-state index contributed by atoms with van der Waals surface area (Å²) in [5.41, 5.74) is -0.606. The molecule has 16 heavy (non-hydrogen) atoms. The van der Waals surface area contributed by atoms with Gasteiger partial charge in [0.15, 0.2) is 0 Å². The number of ether oxygens (including phenoxy) is 1. The van der Waals surface area contributed by atoms with Crippen LogP contribution in [0.1, 0.15) is 51.4 Å². The van der Waals surface area contributed by atoms with Crippen molar-refractivity contribution < 1.29 is 14.6 Å². The van der Waals surface area contributed by atoms with Crippen LogP contribution in [0.15, 0.2) is 12.2 Å². The number of esters is 1. The molecule has 3 heteroatoms. The standard InChI is InChI=1S/C13H22O3/c1-16-12(14)8-7-11-13(15)9-5-3-2-4-6-10-13/h7-8,15H,2-6,9-11H2,1H3/b8-7+. The SMILES string of the molecule is COC(=O)/C=C/CC1(O)CCCCCCC1. The van der Waals surface area contributed by atoms with Crippen LogP contribution >= 0.6 is 0 Å². The van der Waals surface area contributed by atoms with Crippen molar-refractivity contribution in [3.05, 3.63) is 12.2 Å². The van der Waals surface area contributed by atoms with Gasteiger partial charge in [0.1, 0.15) is 0 Å². The van der Waals surface area contributed by atoms with Crippen LogP contribution in [0.3, 0.4) is 0 Å². The van der Waals surface area contributed by atoms with E-state index in [2.05, 4.69) is 4.74 Å². The second kappa shape index (κ2) is 6.69. The van der Waals surface area contributed by atoms with Gasteiger partial charge in [-0.05, 0) is 19.3 Å². The minimum atomic E-state index is -0.606. The van der Waals surface area contributed by atoms with Gasteiger partial charge in [0.2, 0.25) is 0 Å². The topological polar surface area (TPSA) is 46.5 Å². The van der Waals surface area contributed by atoms with Gasteiger partial charge in [0, 0.05) is 6.08 Å². The first-order valence-electron chi connectivity index (χ1n) is 6.13. The molecule has 92 valence electrons. The average molecular weight is 226 g/mol. The molecule has 0 aromatic heterocycles. The van der Waals surface area contributed by atoms with Gasteiger partial charge in [-0.2, -0.15) is 0 Å². The Morgan fingerprint density at radius 1 is 1.25 bits per heavy atom. The second-order valence-corrected chi connectivity index (χ2v) is 4.62. The fourth-order valence-corrected chi connectivity index (χ4v) is 2.21. The molecule has 0 amide bonds. The zero-order valence-corrected chi connectivity index (χ0v) is 10.1. The first-order valence-corrected chi connectivity index (χ1v) is 6.13. The van der Waals surface area contributed by atoms with E-state index in [1.807, 2.05) is 0 Å². The zero-order valence-electron chi connectivity index (χ0n) is 10.1.